The average Bonchev–Trinajstić information content (AvgIpc) is 2.77. The molecule has 118 valence electrons. The zero-order valence-electron chi connectivity index (χ0n) is 12.0. The second-order valence-electron chi connectivity index (χ2n) is 4.88. The number of halogens is 1. The van der Waals surface area contributed by atoms with Gasteiger partial charge in [0.15, 0.2) is 10.4 Å². The van der Waals surface area contributed by atoms with Crippen LogP contribution >= 0.6 is 15.9 Å². The highest BCUT2D eigenvalue weighted by molar-refractivity contribution is 9.10. The molecule has 1 aromatic heterocycles. The van der Waals surface area contributed by atoms with Crippen LogP contribution < -0.4 is 10.5 Å². The van der Waals surface area contributed by atoms with Gasteiger partial charge in [-0.15, -0.1) is 0 Å². The van der Waals surface area contributed by atoms with Crippen LogP contribution in [0.1, 0.15) is 34.6 Å². The van der Waals surface area contributed by atoms with Gasteiger partial charge in [0.1, 0.15) is 0 Å². The Hall–Kier alpha value is -1.64. The van der Waals surface area contributed by atoms with Crippen molar-refractivity contribution in [1.29, 1.82) is 0 Å². The first-order chi connectivity index (χ1) is 10.2. The fourth-order valence-electron chi connectivity index (χ4n) is 1.98. The van der Waals surface area contributed by atoms with Crippen LogP contribution in [-0.4, -0.2) is 14.3 Å². The van der Waals surface area contributed by atoms with Gasteiger partial charge in [0.05, 0.1) is 10.9 Å². The third kappa shape index (κ3) is 3.76. The third-order valence-electron chi connectivity index (χ3n) is 3.13. The summed E-state index contributed by atoms with van der Waals surface area (Å²) >= 11 is 3.17. The van der Waals surface area contributed by atoms with Crippen molar-refractivity contribution >= 4 is 31.9 Å². The standard InChI is InChI=1S/C14H15BrN2O4S/c1-8-6-12(15)21-13(8)14(18)17-9(2)10-4-3-5-11(7-10)22(16,19)20/h3-7,9H,1-2H3,(H,17,18)(H2,16,19,20). The van der Waals surface area contributed by atoms with Crippen LogP contribution in [0.25, 0.3) is 0 Å². The monoisotopic (exact) mass is 386 g/mol. The lowest BCUT2D eigenvalue weighted by molar-refractivity contribution is 0.0909. The van der Waals surface area contributed by atoms with Gasteiger partial charge in [-0.25, -0.2) is 13.6 Å². The Morgan fingerprint density at radius 1 is 1.36 bits per heavy atom. The summed E-state index contributed by atoms with van der Waals surface area (Å²) in [6, 6.07) is 7.42. The number of benzene rings is 1. The molecule has 22 heavy (non-hydrogen) atoms. The molecule has 1 aromatic carbocycles. The summed E-state index contributed by atoms with van der Waals surface area (Å²) in [6.45, 7) is 3.50. The predicted molar refractivity (Wildman–Crippen MR) is 84.8 cm³/mol. The molecule has 0 aliphatic rings. The minimum atomic E-state index is -3.78. The molecular weight excluding hydrogens is 372 g/mol. The molecule has 0 fully saturated rings. The number of nitrogens with two attached hydrogens (primary N) is 1. The largest absolute Gasteiger partial charge is 0.444 e. The van der Waals surface area contributed by atoms with Gasteiger partial charge < -0.3 is 9.73 Å². The van der Waals surface area contributed by atoms with E-state index in [-0.39, 0.29) is 16.6 Å². The molecular formula is C14H15BrN2O4S. The number of primary sulfonamides is 1. The number of hydrogen-bond donors (Lipinski definition) is 2. The Labute approximate surface area is 136 Å². The van der Waals surface area contributed by atoms with Crippen LogP contribution in [0.2, 0.25) is 0 Å². The van der Waals surface area contributed by atoms with Crippen LogP contribution in [0.15, 0.2) is 44.3 Å². The number of sulfonamides is 1. The van der Waals surface area contributed by atoms with E-state index in [1.807, 2.05) is 0 Å². The highest BCUT2D eigenvalue weighted by Crippen LogP contribution is 2.21. The molecule has 0 bridgehead atoms. The summed E-state index contributed by atoms with van der Waals surface area (Å²) in [5.41, 5.74) is 1.33. The number of carbonyl (C=O) groups excluding carboxylic acids is 1. The summed E-state index contributed by atoms with van der Waals surface area (Å²) in [5, 5.41) is 7.86. The van der Waals surface area contributed by atoms with Crippen LogP contribution in [0.4, 0.5) is 0 Å². The maximum atomic E-state index is 12.2. The van der Waals surface area contributed by atoms with Crippen LogP contribution in [0.5, 0.6) is 0 Å². The van der Waals surface area contributed by atoms with Crippen LogP contribution in [0, 0.1) is 6.92 Å². The van der Waals surface area contributed by atoms with Crippen LogP contribution in [-0.2, 0) is 10.0 Å². The molecule has 1 atom stereocenters. The Balaban J connectivity index is 2.21. The molecule has 0 radical (unpaired) electrons. The zero-order chi connectivity index (χ0) is 16.5. The molecule has 0 aliphatic heterocycles. The van der Waals surface area contributed by atoms with E-state index in [0.29, 0.717) is 15.8 Å². The predicted octanol–water partition coefficient (Wildman–Crippen LogP) is 2.49. The van der Waals surface area contributed by atoms with Gasteiger partial charge in [-0.05, 0) is 53.5 Å². The molecule has 0 saturated carbocycles. The minimum Gasteiger partial charge on any atom is -0.444 e. The zero-order valence-corrected chi connectivity index (χ0v) is 14.4. The molecule has 0 saturated heterocycles. The number of aryl methyl sites for hydroxylation is 1. The molecule has 6 nitrogen and oxygen atoms in total. The van der Waals surface area contributed by atoms with Gasteiger partial charge in [-0.1, -0.05) is 12.1 Å². The number of carbonyl (C=O) groups is 1. The highest BCUT2D eigenvalue weighted by Gasteiger charge is 2.18. The summed E-state index contributed by atoms with van der Waals surface area (Å²) < 4.78 is 28.5. The molecule has 1 unspecified atom stereocenters. The number of hydrogen-bond acceptors (Lipinski definition) is 4. The van der Waals surface area contributed by atoms with Crippen molar-refractivity contribution in [3.63, 3.8) is 0 Å². The molecule has 1 heterocycles. The van der Waals surface area contributed by atoms with Crippen molar-refractivity contribution in [2.24, 2.45) is 5.14 Å². The second kappa shape index (κ2) is 6.23. The van der Waals surface area contributed by atoms with Gasteiger partial charge >= 0.3 is 0 Å². The van der Waals surface area contributed by atoms with Gasteiger partial charge in [0.2, 0.25) is 10.0 Å². The minimum absolute atomic E-state index is 0.00280. The van der Waals surface area contributed by atoms with E-state index in [4.69, 9.17) is 9.56 Å². The Morgan fingerprint density at radius 2 is 2.05 bits per heavy atom. The van der Waals surface area contributed by atoms with Gasteiger partial charge in [0, 0.05) is 5.56 Å². The van der Waals surface area contributed by atoms with Gasteiger partial charge in [0.25, 0.3) is 5.91 Å². The summed E-state index contributed by atoms with van der Waals surface area (Å²) in [6.07, 6.45) is 0. The third-order valence-corrected chi connectivity index (χ3v) is 4.43. The quantitative estimate of drug-likeness (QED) is 0.841. The second-order valence-corrected chi connectivity index (χ2v) is 7.22. The summed E-state index contributed by atoms with van der Waals surface area (Å²) in [4.78, 5) is 12.2. The summed E-state index contributed by atoms with van der Waals surface area (Å²) in [7, 11) is -3.78. The Bertz CT molecular complexity index is 814. The average molecular weight is 387 g/mol. The Morgan fingerprint density at radius 3 is 2.59 bits per heavy atom. The smallest absolute Gasteiger partial charge is 0.287 e. The SMILES string of the molecule is Cc1cc(Br)oc1C(=O)NC(C)c1cccc(S(N)(=O)=O)c1. The van der Waals surface area contributed by atoms with Crippen molar-refractivity contribution in [3.05, 3.63) is 51.9 Å². The molecule has 0 spiro atoms. The number of nitrogens with one attached hydrogen (secondary N) is 1. The topological polar surface area (TPSA) is 102 Å². The maximum absolute atomic E-state index is 12.2. The lowest BCUT2D eigenvalue weighted by Crippen LogP contribution is -2.27. The number of amides is 1. The molecule has 1 amide bonds. The fourth-order valence-corrected chi connectivity index (χ4v) is 3.05. The molecule has 0 aliphatic carbocycles. The van der Waals surface area contributed by atoms with Gasteiger partial charge in [-0.3, -0.25) is 4.79 Å². The van der Waals surface area contributed by atoms with Crippen molar-refractivity contribution < 1.29 is 17.6 Å². The lowest BCUT2D eigenvalue weighted by atomic mass is 10.1. The van der Waals surface area contributed by atoms with E-state index in [0.717, 1.165) is 0 Å². The first-order valence-corrected chi connectivity index (χ1v) is 8.72. The van der Waals surface area contributed by atoms with E-state index in [1.165, 1.54) is 12.1 Å². The number of rotatable bonds is 4. The maximum Gasteiger partial charge on any atom is 0.287 e. The normalized spacial score (nSPS) is 12.9. The first kappa shape index (κ1) is 16.7. The summed E-state index contributed by atoms with van der Waals surface area (Å²) in [5.74, 6) is -0.168. The fraction of sp³-hybridized carbons (Fsp3) is 0.214. The molecule has 8 heteroatoms. The number of furan rings is 1. The van der Waals surface area contributed by atoms with Crippen LogP contribution in [0.3, 0.4) is 0 Å². The van der Waals surface area contributed by atoms with Crippen molar-refractivity contribution in [2.45, 2.75) is 24.8 Å². The van der Waals surface area contributed by atoms with E-state index >= 15 is 0 Å². The molecule has 2 aromatic rings. The molecule has 2 rings (SSSR count). The van der Waals surface area contributed by atoms with E-state index < -0.39 is 16.1 Å². The van der Waals surface area contributed by atoms with Gasteiger partial charge in [-0.2, -0.15) is 0 Å². The highest BCUT2D eigenvalue weighted by atomic mass is 79.9. The van der Waals surface area contributed by atoms with E-state index in [2.05, 4.69) is 21.2 Å². The van der Waals surface area contributed by atoms with Crippen molar-refractivity contribution in [2.75, 3.05) is 0 Å². The lowest BCUT2D eigenvalue weighted by Gasteiger charge is -2.14. The van der Waals surface area contributed by atoms with E-state index in [1.54, 1.807) is 32.0 Å². The Kier molecular flexibility index (Phi) is 4.74. The molecule has 3 N–H and O–H groups in total. The van der Waals surface area contributed by atoms with Crippen molar-refractivity contribution in [1.82, 2.24) is 5.32 Å². The first-order valence-electron chi connectivity index (χ1n) is 6.38. The van der Waals surface area contributed by atoms with E-state index in [9.17, 15) is 13.2 Å². The van der Waals surface area contributed by atoms with Crippen molar-refractivity contribution in [3.8, 4) is 0 Å².